The summed E-state index contributed by atoms with van der Waals surface area (Å²) in [5.74, 6) is -4.38. The number of rotatable bonds is 1. The van der Waals surface area contributed by atoms with Crippen molar-refractivity contribution in [2.24, 2.45) is 0 Å². The van der Waals surface area contributed by atoms with Gasteiger partial charge in [0.05, 0.1) is 17.5 Å². The summed E-state index contributed by atoms with van der Waals surface area (Å²) in [5, 5.41) is 3.69. The van der Waals surface area contributed by atoms with Crippen LogP contribution in [0.5, 0.6) is 0 Å². The molecule has 1 aromatic carbocycles. The van der Waals surface area contributed by atoms with Crippen molar-refractivity contribution in [1.29, 1.82) is 0 Å². The Balaban J connectivity index is 2.38. The smallest absolute Gasteiger partial charge is 0.238 e. The Morgan fingerprint density at radius 1 is 0.950 bits per heavy atom. The Hall–Kier alpha value is -2.64. The molecule has 3 aromatic rings. The molecule has 0 spiro atoms. The first-order valence-corrected chi connectivity index (χ1v) is 5.42. The monoisotopic (exact) mass is 282 g/mol. The Bertz CT molecular complexity index is 805. The maximum Gasteiger partial charge on any atom is 0.238 e. The molecule has 0 aliphatic carbocycles. The van der Waals surface area contributed by atoms with Crippen LogP contribution in [0.15, 0.2) is 24.4 Å². The predicted molar refractivity (Wildman–Crippen MR) is 62.7 cm³/mol. The molecule has 0 saturated carbocycles. The second kappa shape index (κ2) is 4.19. The summed E-state index contributed by atoms with van der Waals surface area (Å²) in [7, 11) is 0. The maximum atomic E-state index is 13.7. The standard InChI is InChI=1S/C12H6F4N4/c13-5-1-7(15)11(8(16)2-5)9-3-6(14)10-4-18-12(17)19-20(9)10/h1-4H,(H2,17,19). The third kappa shape index (κ3) is 1.77. The zero-order chi connectivity index (χ0) is 14.4. The largest absolute Gasteiger partial charge is 0.367 e. The molecule has 0 amide bonds. The Morgan fingerprint density at radius 3 is 2.25 bits per heavy atom. The molecule has 20 heavy (non-hydrogen) atoms. The van der Waals surface area contributed by atoms with Crippen molar-refractivity contribution < 1.29 is 17.6 Å². The number of anilines is 1. The van der Waals surface area contributed by atoms with Crippen molar-refractivity contribution in [3.05, 3.63) is 47.7 Å². The summed E-state index contributed by atoms with van der Waals surface area (Å²) < 4.78 is 55.0. The summed E-state index contributed by atoms with van der Waals surface area (Å²) in [5.41, 5.74) is 4.45. The second-order valence-electron chi connectivity index (χ2n) is 4.04. The molecule has 2 N–H and O–H groups in total. The van der Waals surface area contributed by atoms with Gasteiger partial charge in [-0.15, -0.1) is 5.10 Å². The van der Waals surface area contributed by atoms with Crippen LogP contribution in [0.25, 0.3) is 16.8 Å². The van der Waals surface area contributed by atoms with E-state index in [2.05, 4.69) is 10.1 Å². The molecule has 8 heteroatoms. The van der Waals surface area contributed by atoms with Gasteiger partial charge in [0.1, 0.15) is 23.0 Å². The molecule has 102 valence electrons. The lowest BCUT2D eigenvalue weighted by Gasteiger charge is -2.05. The first-order chi connectivity index (χ1) is 9.47. The highest BCUT2D eigenvalue weighted by atomic mass is 19.1. The highest BCUT2D eigenvalue weighted by molar-refractivity contribution is 5.68. The van der Waals surface area contributed by atoms with E-state index >= 15 is 0 Å². The van der Waals surface area contributed by atoms with Gasteiger partial charge in [-0.05, 0) is 0 Å². The van der Waals surface area contributed by atoms with E-state index in [-0.39, 0.29) is 17.2 Å². The van der Waals surface area contributed by atoms with Crippen LogP contribution in [0.3, 0.4) is 0 Å². The Morgan fingerprint density at radius 2 is 1.60 bits per heavy atom. The van der Waals surface area contributed by atoms with Gasteiger partial charge in [0.25, 0.3) is 0 Å². The van der Waals surface area contributed by atoms with Crippen LogP contribution >= 0.6 is 0 Å². The minimum Gasteiger partial charge on any atom is -0.367 e. The normalized spacial score (nSPS) is 11.2. The predicted octanol–water partition coefficient (Wildman–Crippen LogP) is 2.53. The van der Waals surface area contributed by atoms with E-state index in [4.69, 9.17) is 5.73 Å². The number of nitrogens with zero attached hydrogens (tertiary/aromatic N) is 3. The lowest BCUT2D eigenvalue weighted by atomic mass is 10.1. The molecule has 2 aromatic heterocycles. The first kappa shape index (κ1) is 12.4. The molecule has 0 bridgehead atoms. The fourth-order valence-electron chi connectivity index (χ4n) is 1.93. The van der Waals surface area contributed by atoms with Crippen LogP contribution < -0.4 is 5.73 Å². The number of nitrogens with two attached hydrogens (primary N) is 1. The lowest BCUT2D eigenvalue weighted by molar-refractivity contribution is 0.547. The van der Waals surface area contributed by atoms with Crippen LogP contribution in [0.1, 0.15) is 0 Å². The average Bonchev–Trinajstić information content (AvgIpc) is 2.65. The van der Waals surface area contributed by atoms with Gasteiger partial charge >= 0.3 is 0 Å². The van der Waals surface area contributed by atoms with Crippen LogP contribution in [0, 0.1) is 23.3 Å². The zero-order valence-electron chi connectivity index (χ0n) is 9.74. The van der Waals surface area contributed by atoms with E-state index in [0.717, 1.165) is 16.8 Å². The Labute approximate surface area is 109 Å². The van der Waals surface area contributed by atoms with E-state index in [1.807, 2.05) is 0 Å². The highest BCUT2D eigenvalue weighted by Crippen LogP contribution is 2.29. The van der Waals surface area contributed by atoms with Gasteiger partial charge in [-0.25, -0.2) is 27.1 Å². The number of nitrogen functional groups attached to an aromatic ring is 1. The number of hydrogen-bond donors (Lipinski definition) is 1. The van der Waals surface area contributed by atoms with E-state index in [9.17, 15) is 17.6 Å². The molecule has 0 fully saturated rings. The quantitative estimate of drug-likeness (QED) is 0.698. The van der Waals surface area contributed by atoms with E-state index < -0.39 is 28.8 Å². The first-order valence-electron chi connectivity index (χ1n) is 5.42. The molecule has 4 nitrogen and oxygen atoms in total. The average molecular weight is 282 g/mol. The summed E-state index contributed by atoms with van der Waals surface area (Å²) >= 11 is 0. The number of halogens is 4. The number of fused-ring (bicyclic) bond motifs is 1. The van der Waals surface area contributed by atoms with Gasteiger partial charge in [0, 0.05) is 18.2 Å². The maximum absolute atomic E-state index is 13.7. The molecular weight excluding hydrogens is 276 g/mol. The second-order valence-corrected chi connectivity index (χ2v) is 4.04. The third-order valence-electron chi connectivity index (χ3n) is 2.75. The van der Waals surface area contributed by atoms with E-state index in [1.165, 1.54) is 0 Å². The van der Waals surface area contributed by atoms with E-state index in [1.54, 1.807) is 0 Å². The fourth-order valence-corrected chi connectivity index (χ4v) is 1.93. The summed E-state index contributed by atoms with van der Waals surface area (Å²) in [6, 6.07) is 1.88. The van der Waals surface area contributed by atoms with Gasteiger partial charge in [-0.3, -0.25) is 0 Å². The molecular formula is C12H6F4N4. The molecule has 0 saturated heterocycles. The van der Waals surface area contributed by atoms with Gasteiger partial charge in [0.15, 0.2) is 5.82 Å². The van der Waals surface area contributed by atoms with Crippen LogP contribution in [-0.4, -0.2) is 14.6 Å². The summed E-state index contributed by atoms with van der Waals surface area (Å²) in [6.07, 6.45) is 1.08. The Kier molecular flexibility index (Phi) is 2.60. The zero-order valence-corrected chi connectivity index (χ0v) is 9.74. The van der Waals surface area contributed by atoms with Crippen molar-refractivity contribution in [3.63, 3.8) is 0 Å². The summed E-state index contributed by atoms with van der Waals surface area (Å²) in [6.45, 7) is 0. The minimum absolute atomic E-state index is 0.0997. The number of benzene rings is 1. The molecule has 0 atom stereocenters. The fraction of sp³-hybridized carbons (Fsp3) is 0. The number of hydrogen-bond acceptors (Lipinski definition) is 3. The molecule has 3 rings (SSSR count). The van der Waals surface area contributed by atoms with Gasteiger partial charge in [0.2, 0.25) is 5.95 Å². The lowest BCUT2D eigenvalue weighted by Crippen LogP contribution is -2.03. The molecule has 0 unspecified atom stereocenters. The van der Waals surface area contributed by atoms with E-state index in [0.29, 0.717) is 12.1 Å². The highest BCUT2D eigenvalue weighted by Gasteiger charge is 2.20. The molecule has 0 aliphatic rings. The molecule has 0 aliphatic heterocycles. The van der Waals surface area contributed by atoms with Crippen molar-refractivity contribution in [1.82, 2.24) is 14.6 Å². The number of aromatic nitrogens is 3. The van der Waals surface area contributed by atoms with Crippen LogP contribution in [0.2, 0.25) is 0 Å². The van der Waals surface area contributed by atoms with Crippen molar-refractivity contribution in [2.45, 2.75) is 0 Å². The van der Waals surface area contributed by atoms with Crippen LogP contribution in [0.4, 0.5) is 23.5 Å². The molecule has 0 radical (unpaired) electrons. The molecule has 2 heterocycles. The van der Waals surface area contributed by atoms with Crippen molar-refractivity contribution >= 4 is 11.5 Å². The third-order valence-corrected chi connectivity index (χ3v) is 2.75. The topological polar surface area (TPSA) is 56.2 Å². The van der Waals surface area contributed by atoms with Gasteiger partial charge < -0.3 is 5.73 Å². The summed E-state index contributed by atoms with van der Waals surface area (Å²) in [4.78, 5) is 3.59. The minimum atomic E-state index is -1.17. The van der Waals surface area contributed by atoms with Crippen molar-refractivity contribution in [3.8, 4) is 11.3 Å². The van der Waals surface area contributed by atoms with Crippen LogP contribution in [-0.2, 0) is 0 Å². The van der Waals surface area contributed by atoms with Gasteiger partial charge in [-0.1, -0.05) is 0 Å². The SMILES string of the molecule is Nc1ncc2c(F)cc(-c3c(F)cc(F)cc3F)n2n1. The van der Waals surface area contributed by atoms with Crippen molar-refractivity contribution in [2.75, 3.05) is 5.73 Å². The van der Waals surface area contributed by atoms with Gasteiger partial charge in [-0.2, -0.15) is 0 Å².